The number of carbonyl (C=O) groups excluding carboxylic acids is 1. The number of amides is 1. The van der Waals surface area contributed by atoms with Gasteiger partial charge in [0.25, 0.3) is 0 Å². The summed E-state index contributed by atoms with van der Waals surface area (Å²) in [6, 6.07) is 17.9. The Morgan fingerprint density at radius 1 is 1.03 bits per heavy atom. The highest BCUT2D eigenvalue weighted by atomic mass is 35.5. The fraction of sp³-hybridized carbons (Fsp3) is 0.435. The lowest BCUT2D eigenvalue weighted by atomic mass is 9.98. The van der Waals surface area contributed by atoms with Gasteiger partial charge in [0.2, 0.25) is 5.91 Å². The number of nitrogens with one attached hydrogen (secondary N) is 1. The smallest absolute Gasteiger partial charge is 0.222 e. The predicted octanol–water partition coefficient (Wildman–Crippen LogP) is 4.47. The Morgan fingerprint density at radius 2 is 1.62 bits per heavy atom. The molecule has 0 saturated carbocycles. The highest BCUT2D eigenvalue weighted by molar-refractivity contribution is 5.85. The molecule has 29 heavy (non-hydrogen) atoms. The van der Waals surface area contributed by atoms with Crippen LogP contribution < -0.4 is 11.1 Å². The summed E-state index contributed by atoms with van der Waals surface area (Å²) in [6.07, 6.45) is 2.85. The SMILES string of the molecule is CC1CCN(Cc2ccccc2CNC(=O)CC(N)c2ccccc2)CC1.Cl.Cl. The monoisotopic (exact) mass is 437 g/mol. The van der Waals surface area contributed by atoms with E-state index in [4.69, 9.17) is 5.73 Å². The predicted molar refractivity (Wildman–Crippen MR) is 124 cm³/mol. The van der Waals surface area contributed by atoms with E-state index < -0.39 is 0 Å². The van der Waals surface area contributed by atoms with Crippen molar-refractivity contribution in [2.75, 3.05) is 13.1 Å². The van der Waals surface area contributed by atoms with Gasteiger partial charge >= 0.3 is 0 Å². The van der Waals surface area contributed by atoms with Crippen LogP contribution in [-0.4, -0.2) is 23.9 Å². The van der Waals surface area contributed by atoms with Crippen LogP contribution in [-0.2, 0) is 17.9 Å². The Balaban J connectivity index is 0.00000210. The molecule has 1 saturated heterocycles. The Labute approximate surface area is 187 Å². The third-order valence-electron chi connectivity index (χ3n) is 5.50. The molecule has 2 aromatic rings. The molecule has 1 atom stereocenters. The van der Waals surface area contributed by atoms with Gasteiger partial charge in [-0.05, 0) is 48.5 Å². The molecule has 3 N–H and O–H groups in total. The third-order valence-corrected chi connectivity index (χ3v) is 5.50. The Kier molecular flexibility index (Phi) is 11.3. The second kappa shape index (κ2) is 12.9. The number of carbonyl (C=O) groups is 1. The topological polar surface area (TPSA) is 58.4 Å². The standard InChI is InChI=1S/C23H31N3O.2ClH/c1-18-11-13-26(14-12-18)17-21-10-6-5-9-20(21)16-25-23(27)15-22(24)19-7-3-2-4-8-19;;/h2-10,18,22H,11-17,24H2,1H3,(H,25,27);2*1H. The lowest BCUT2D eigenvalue weighted by Gasteiger charge is -2.30. The van der Waals surface area contributed by atoms with Gasteiger partial charge in [0.05, 0.1) is 0 Å². The average Bonchev–Trinajstić information content (AvgIpc) is 2.69. The number of likely N-dealkylation sites (tertiary alicyclic amines) is 1. The minimum atomic E-state index is -0.267. The van der Waals surface area contributed by atoms with E-state index in [-0.39, 0.29) is 36.8 Å². The van der Waals surface area contributed by atoms with Crippen molar-refractivity contribution < 1.29 is 4.79 Å². The fourth-order valence-electron chi connectivity index (χ4n) is 3.63. The molecule has 0 aromatic heterocycles. The van der Waals surface area contributed by atoms with E-state index in [1.807, 2.05) is 36.4 Å². The van der Waals surface area contributed by atoms with Crippen molar-refractivity contribution in [1.82, 2.24) is 10.2 Å². The summed E-state index contributed by atoms with van der Waals surface area (Å²) in [7, 11) is 0. The van der Waals surface area contributed by atoms with Gasteiger partial charge in [-0.15, -0.1) is 24.8 Å². The summed E-state index contributed by atoms with van der Waals surface area (Å²) in [5.41, 5.74) is 9.65. The van der Waals surface area contributed by atoms with Crippen molar-refractivity contribution in [2.24, 2.45) is 11.7 Å². The van der Waals surface area contributed by atoms with E-state index >= 15 is 0 Å². The van der Waals surface area contributed by atoms with Crippen LogP contribution in [0.2, 0.25) is 0 Å². The van der Waals surface area contributed by atoms with Crippen LogP contribution in [0.5, 0.6) is 0 Å². The van der Waals surface area contributed by atoms with Crippen molar-refractivity contribution in [3.63, 3.8) is 0 Å². The van der Waals surface area contributed by atoms with Crippen LogP contribution in [0.15, 0.2) is 54.6 Å². The Hall–Kier alpha value is -1.59. The molecule has 6 heteroatoms. The van der Waals surface area contributed by atoms with Gasteiger partial charge < -0.3 is 11.1 Å². The maximum Gasteiger partial charge on any atom is 0.222 e. The molecule has 0 aliphatic carbocycles. The van der Waals surface area contributed by atoms with Gasteiger partial charge in [-0.3, -0.25) is 9.69 Å². The molecule has 0 spiro atoms. The molecule has 1 aliphatic heterocycles. The Morgan fingerprint density at radius 3 is 2.28 bits per heavy atom. The van der Waals surface area contributed by atoms with Crippen molar-refractivity contribution in [3.8, 4) is 0 Å². The molecule has 1 fully saturated rings. The molecule has 1 aliphatic rings. The van der Waals surface area contributed by atoms with E-state index in [9.17, 15) is 4.79 Å². The molecule has 1 unspecified atom stereocenters. The number of piperidine rings is 1. The van der Waals surface area contributed by atoms with Crippen LogP contribution in [0.1, 0.15) is 48.9 Å². The maximum atomic E-state index is 12.3. The van der Waals surface area contributed by atoms with E-state index in [1.165, 1.54) is 24.0 Å². The summed E-state index contributed by atoms with van der Waals surface area (Å²) in [4.78, 5) is 14.9. The van der Waals surface area contributed by atoms with Crippen LogP contribution in [0.4, 0.5) is 0 Å². The average molecular weight is 438 g/mol. The molecule has 0 radical (unpaired) electrons. The first-order valence-electron chi connectivity index (χ1n) is 9.98. The van der Waals surface area contributed by atoms with Crippen LogP contribution in [0.3, 0.4) is 0 Å². The van der Waals surface area contributed by atoms with Crippen molar-refractivity contribution >= 4 is 30.7 Å². The molecule has 3 rings (SSSR count). The number of nitrogens with zero attached hydrogens (tertiary/aromatic N) is 1. The molecule has 4 nitrogen and oxygen atoms in total. The van der Waals surface area contributed by atoms with Crippen LogP contribution in [0.25, 0.3) is 0 Å². The van der Waals surface area contributed by atoms with Gasteiger partial charge in [-0.1, -0.05) is 61.5 Å². The van der Waals surface area contributed by atoms with E-state index in [2.05, 4.69) is 35.3 Å². The third kappa shape index (κ3) is 7.98. The molecular formula is C23H33Cl2N3O. The van der Waals surface area contributed by atoms with E-state index in [1.54, 1.807) is 0 Å². The zero-order valence-electron chi connectivity index (χ0n) is 17.0. The van der Waals surface area contributed by atoms with Gasteiger partial charge in [0.15, 0.2) is 0 Å². The summed E-state index contributed by atoms with van der Waals surface area (Å²) < 4.78 is 0. The van der Waals surface area contributed by atoms with Crippen molar-refractivity contribution in [3.05, 3.63) is 71.3 Å². The van der Waals surface area contributed by atoms with Gasteiger partial charge in [0, 0.05) is 25.6 Å². The number of nitrogens with two attached hydrogens (primary N) is 1. The van der Waals surface area contributed by atoms with Crippen molar-refractivity contribution in [1.29, 1.82) is 0 Å². The molecule has 2 aromatic carbocycles. The second-order valence-corrected chi connectivity index (χ2v) is 7.73. The van der Waals surface area contributed by atoms with Gasteiger partial charge in [-0.2, -0.15) is 0 Å². The Bertz CT molecular complexity index is 734. The minimum absolute atomic E-state index is 0. The second-order valence-electron chi connectivity index (χ2n) is 7.73. The largest absolute Gasteiger partial charge is 0.352 e. The van der Waals surface area contributed by atoms with Gasteiger partial charge in [0.1, 0.15) is 0 Å². The first-order valence-corrected chi connectivity index (χ1v) is 9.98. The highest BCUT2D eigenvalue weighted by Gasteiger charge is 2.17. The van der Waals surface area contributed by atoms with Crippen LogP contribution >= 0.6 is 24.8 Å². The fourth-order valence-corrected chi connectivity index (χ4v) is 3.63. The zero-order chi connectivity index (χ0) is 19.1. The summed E-state index contributed by atoms with van der Waals surface area (Å²) in [5, 5.41) is 3.05. The number of halogens is 2. The molecule has 0 bridgehead atoms. The normalized spacial score (nSPS) is 15.7. The molecular weight excluding hydrogens is 405 g/mol. The highest BCUT2D eigenvalue weighted by Crippen LogP contribution is 2.20. The maximum absolute atomic E-state index is 12.3. The first kappa shape index (κ1) is 25.4. The van der Waals surface area contributed by atoms with Crippen molar-refractivity contribution in [2.45, 2.75) is 45.3 Å². The quantitative estimate of drug-likeness (QED) is 0.671. The number of hydrogen-bond acceptors (Lipinski definition) is 3. The molecule has 1 amide bonds. The van der Waals surface area contributed by atoms with Crippen LogP contribution in [0, 0.1) is 5.92 Å². The van der Waals surface area contributed by atoms with E-state index in [0.29, 0.717) is 13.0 Å². The summed E-state index contributed by atoms with van der Waals surface area (Å²) in [6.45, 7) is 6.17. The molecule has 160 valence electrons. The lowest BCUT2D eigenvalue weighted by Crippen LogP contribution is -2.33. The number of benzene rings is 2. The van der Waals surface area contributed by atoms with Gasteiger partial charge in [-0.25, -0.2) is 0 Å². The first-order chi connectivity index (χ1) is 13.1. The summed E-state index contributed by atoms with van der Waals surface area (Å²) in [5.74, 6) is 0.831. The number of rotatable bonds is 7. The molecule has 1 heterocycles. The van der Waals surface area contributed by atoms with E-state index in [0.717, 1.165) is 31.1 Å². The zero-order valence-corrected chi connectivity index (χ0v) is 18.7. The summed E-state index contributed by atoms with van der Waals surface area (Å²) >= 11 is 0. The number of hydrogen-bond donors (Lipinski definition) is 2. The minimum Gasteiger partial charge on any atom is -0.352 e. The lowest BCUT2D eigenvalue weighted by molar-refractivity contribution is -0.121.